The van der Waals surface area contributed by atoms with Crippen molar-refractivity contribution in [3.8, 4) is 0 Å². The van der Waals surface area contributed by atoms with Crippen molar-refractivity contribution in [3.05, 3.63) is 42.2 Å². The Morgan fingerprint density at radius 3 is 2.65 bits per heavy atom. The molecule has 0 aromatic carbocycles. The van der Waals surface area contributed by atoms with Crippen LogP contribution in [0.15, 0.2) is 41.7 Å². The third kappa shape index (κ3) is 3.48. The Morgan fingerprint density at radius 2 is 2.05 bits per heavy atom. The Hall–Kier alpha value is -2.08. The minimum Gasteiger partial charge on any atom is -0.363 e. The highest BCUT2D eigenvalue weighted by Gasteiger charge is 2.07. The van der Waals surface area contributed by atoms with Gasteiger partial charge in [0.25, 0.3) is 5.91 Å². The van der Waals surface area contributed by atoms with Crippen molar-refractivity contribution < 1.29 is 4.79 Å². The van der Waals surface area contributed by atoms with Crippen LogP contribution in [0.3, 0.4) is 0 Å². The van der Waals surface area contributed by atoms with Crippen molar-refractivity contribution in [2.45, 2.75) is 5.03 Å². The first-order valence-electron chi connectivity index (χ1n) is 6.05. The summed E-state index contributed by atoms with van der Waals surface area (Å²) in [5, 5.41) is 3.64. The highest BCUT2D eigenvalue weighted by Crippen LogP contribution is 2.15. The van der Waals surface area contributed by atoms with Gasteiger partial charge in [0.1, 0.15) is 5.82 Å². The van der Waals surface area contributed by atoms with E-state index in [0.29, 0.717) is 11.3 Å². The quantitative estimate of drug-likeness (QED) is 0.876. The average molecular weight is 288 g/mol. The summed E-state index contributed by atoms with van der Waals surface area (Å²) in [6.07, 6.45) is 5.20. The van der Waals surface area contributed by atoms with Gasteiger partial charge in [-0.15, -0.1) is 11.8 Å². The van der Waals surface area contributed by atoms with Gasteiger partial charge in [0.15, 0.2) is 0 Å². The second kappa shape index (κ2) is 6.38. The van der Waals surface area contributed by atoms with Gasteiger partial charge in [-0.05, 0) is 30.5 Å². The van der Waals surface area contributed by atoms with Gasteiger partial charge in [-0.1, -0.05) is 0 Å². The van der Waals surface area contributed by atoms with Crippen LogP contribution < -0.4 is 10.2 Å². The second-order valence-corrected chi connectivity index (χ2v) is 5.17. The first kappa shape index (κ1) is 14.3. The maximum atomic E-state index is 12.1. The number of nitrogens with zero attached hydrogens (tertiary/aromatic N) is 3. The van der Waals surface area contributed by atoms with E-state index >= 15 is 0 Å². The topological polar surface area (TPSA) is 58.1 Å². The standard InChI is InChI=1S/C14H16N4OS/c1-18(2)12-5-4-11(9-16-12)17-14(19)10-6-7-15-13(8-10)20-3/h4-9H,1-3H3,(H,17,19). The normalized spacial score (nSPS) is 10.2. The summed E-state index contributed by atoms with van der Waals surface area (Å²) in [6.45, 7) is 0. The van der Waals surface area contributed by atoms with Crippen molar-refractivity contribution in [2.75, 3.05) is 30.6 Å². The highest BCUT2D eigenvalue weighted by atomic mass is 32.2. The third-order valence-electron chi connectivity index (χ3n) is 2.67. The molecule has 1 N–H and O–H groups in total. The molecule has 0 saturated carbocycles. The van der Waals surface area contributed by atoms with E-state index in [4.69, 9.17) is 0 Å². The summed E-state index contributed by atoms with van der Waals surface area (Å²) in [5.74, 6) is 0.679. The van der Waals surface area contributed by atoms with Crippen LogP contribution in [0.2, 0.25) is 0 Å². The number of hydrogen-bond donors (Lipinski definition) is 1. The summed E-state index contributed by atoms with van der Waals surface area (Å²) >= 11 is 1.50. The van der Waals surface area contributed by atoms with Gasteiger partial charge in [0.05, 0.1) is 16.9 Å². The molecule has 2 heterocycles. The number of amides is 1. The SMILES string of the molecule is CSc1cc(C(=O)Nc2ccc(N(C)C)nc2)ccn1. The lowest BCUT2D eigenvalue weighted by molar-refractivity contribution is 0.102. The molecule has 2 aromatic heterocycles. The molecule has 0 unspecified atom stereocenters. The first-order chi connectivity index (χ1) is 9.60. The Labute approximate surface area is 122 Å². The van der Waals surface area contributed by atoms with Gasteiger partial charge >= 0.3 is 0 Å². The van der Waals surface area contributed by atoms with E-state index in [2.05, 4.69) is 15.3 Å². The molecule has 2 aromatic rings. The maximum absolute atomic E-state index is 12.1. The monoisotopic (exact) mass is 288 g/mol. The highest BCUT2D eigenvalue weighted by molar-refractivity contribution is 7.98. The molecule has 0 aliphatic heterocycles. The fraction of sp³-hybridized carbons (Fsp3) is 0.214. The molecule has 20 heavy (non-hydrogen) atoms. The van der Waals surface area contributed by atoms with E-state index < -0.39 is 0 Å². The van der Waals surface area contributed by atoms with Crippen LogP contribution in [0.5, 0.6) is 0 Å². The summed E-state index contributed by atoms with van der Waals surface area (Å²) in [5.41, 5.74) is 1.25. The first-order valence-corrected chi connectivity index (χ1v) is 7.27. The number of aromatic nitrogens is 2. The van der Waals surface area contributed by atoms with E-state index in [9.17, 15) is 4.79 Å². The summed E-state index contributed by atoms with van der Waals surface area (Å²) in [4.78, 5) is 22.4. The van der Waals surface area contributed by atoms with Gasteiger partial charge in [0.2, 0.25) is 0 Å². The number of thioether (sulfide) groups is 1. The van der Waals surface area contributed by atoms with E-state index in [1.807, 2.05) is 37.4 Å². The molecule has 0 fully saturated rings. The molecule has 0 spiro atoms. The number of pyridine rings is 2. The largest absolute Gasteiger partial charge is 0.363 e. The predicted octanol–water partition coefficient (Wildman–Crippen LogP) is 2.52. The summed E-state index contributed by atoms with van der Waals surface area (Å²) in [6, 6.07) is 7.14. The number of carbonyl (C=O) groups excluding carboxylic acids is 1. The predicted molar refractivity (Wildman–Crippen MR) is 82.5 cm³/mol. The van der Waals surface area contributed by atoms with Gasteiger partial charge < -0.3 is 10.2 Å². The van der Waals surface area contributed by atoms with Gasteiger partial charge in [-0.25, -0.2) is 9.97 Å². The number of nitrogens with one attached hydrogen (secondary N) is 1. The second-order valence-electron chi connectivity index (χ2n) is 4.34. The zero-order chi connectivity index (χ0) is 14.5. The lowest BCUT2D eigenvalue weighted by Crippen LogP contribution is -2.14. The summed E-state index contributed by atoms with van der Waals surface area (Å²) < 4.78 is 0. The van der Waals surface area contributed by atoms with Gasteiger partial charge in [-0.3, -0.25) is 4.79 Å². The zero-order valence-electron chi connectivity index (χ0n) is 11.6. The fourth-order valence-corrected chi connectivity index (χ4v) is 2.00. The number of hydrogen-bond acceptors (Lipinski definition) is 5. The molecule has 0 radical (unpaired) electrons. The van der Waals surface area contributed by atoms with Crippen LogP contribution in [-0.4, -0.2) is 36.2 Å². The molecule has 0 bridgehead atoms. The Balaban J connectivity index is 2.10. The maximum Gasteiger partial charge on any atom is 0.255 e. The van der Waals surface area contributed by atoms with Crippen LogP contribution in [-0.2, 0) is 0 Å². The molecule has 2 rings (SSSR count). The van der Waals surface area contributed by atoms with Crippen LogP contribution in [0.1, 0.15) is 10.4 Å². The molecule has 1 amide bonds. The van der Waals surface area contributed by atoms with Crippen molar-refractivity contribution in [3.63, 3.8) is 0 Å². The Morgan fingerprint density at radius 1 is 1.25 bits per heavy atom. The molecule has 5 nitrogen and oxygen atoms in total. The van der Waals surface area contributed by atoms with Crippen LogP contribution in [0.25, 0.3) is 0 Å². The molecule has 104 valence electrons. The van der Waals surface area contributed by atoms with Gasteiger partial charge in [0, 0.05) is 25.9 Å². The smallest absolute Gasteiger partial charge is 0.255 e. The lowest BCUT2D eigenvalue weighted by atomic mass is 10.2. The van der Waals surface area contributed by atoms with Crippen LogP contribution in [0.4, 0.5) is 11.5 Å². The van der Waals surface area contributed by atoms with E-state index in [-0.39, 0.29) is 5.91 Å². The van der Waals surface area contributed by atoms with Crippen molar-refractivity contribution in [1.82, 2.24) is 9.97 Å². The van der Waals surface area contributed by atoms with Crippen LogP contribution in [0, 0.1) is 0 Å². The van der Waals surface area contributed by atoms with Gasteiger partial charge in [-0.2, -0.15) is 0 Å². The van der Waals surface area contributed by atoms with Crippen LogP contribution >= 0.6 is 11.8 Å². The third-order valence-corrected chi connectivity index (χ3v) is 3.31. The molecule has 0 aliphatic carbocycles. The minimum absolute atomic E-state index is 0.165. The molecular formula is C14H16N4OS. The molecule has 0 atom stereocenters. The molecular weight excluding hydrogens is 272 g/mol. The number of rotatable bonds is 4. The number of carbonyl (C=O) groups is 1. The van der Waals surface area contributed by atoms with E-state index in [1.165, 1.54) is 11.8 Å². The molecule has 0 aliphatic rings. The zero-order valence-corrected chi connectivity index (χ0v) is 12.4. The average Bonchev–Trinajstić information content (AvgIpc) is 2.47. The fourth-order valence-electron chi connectivity index (χ4n) is 1.59. The van der Waals surface area contributed by atoms with Crippen molar-refractivity contribution >= 4 is 29.2 Å². The Bertz CT molecular complexity index is 598. The summed E-state index contributed by atoms with van der Waals surface area (Å²) in [7, 11) is 3.84. The van der Waals surface area contributed by atoms with E-state index in [1.54, 1.807) is 24.5 Å². The molecule has 6 heteroatoms. The minimum atomic E-state index is -0.165. The Kier molecular flexibility index (Phi) is 4.57. The van der Waals surface area contributed by atoms with Crippen molar-refractivity contribution in [2.24, 2.45) is 0 Å². The van der Waals surface area contributed by atoms with Crippen molar-refractivity contribution in [1.29, 1.82) is 0 Å². The van der Waals surface area contributed by atoms with E-state index in [0.717, 1.165) is 10.8 Å². The number of anilines is 2. The lowest BCUT2D eigenvalue weighted by Gasteiger charge is -2.11. The molecule has 0 saturated heterocycles.